The Labute approximate surface area is 115 Å². The second kappa shape index (κ2) is 6.30. The minimum Gasteiger partial charge on any atom is -0.350 e. The zero-order chi connectivity index (χ0) is 14.6. The van der Waals surface area contributed by atoms with Gasteiger partial charge >= 0.3 is 6.18 Å². The molecule has 2 heterocycles. The number of amides is 1. The van der Waals surface area contributed by atoms with Crippen molar-refractivity contribution in [2.75, 3.05) is 19.6 Å². The lowest BCUT2D eigenvalue weighted by Gasteiger charge is -2.25. The van der Waals surface area contributed by atoms with Gasteiger partial charge in [0.15, 0.2) is 0 Å². The molecular weight excluding hydrogens is 271 g/mol. The Balaban J connectivity index is 1.94. The monoisotopic (exact) mass is 289 g/mol. The average Bonchev–Trinajstić information content (AvgIpc) is 2.87. The van der Waals surface area contributed by atoms with E-state index in [1.54, 1.807) is 12.1 Å². The molecule has 0 aliphatic carbocycles. The molecule has 1 amide bonds. The molecule has 1 aliphatic heterocycles. The number of nitrogens with one attached hydrogen (secondary N) is 2. The Hall–Kier alpha value is -1.50. The Morgan fingerprint density at radius 1 is 1.40 bits per heavy atom. The molecule has 7 heteroatoms. The van der Waals surface area contributed by atoms with Crippen molar-refractivity contribution < 1.29 is 18.0 Å². The fourth-order valence-electron chi connectivity index (χ4n) is 2.40. The van der Waals surface area contributed by atoms with E-state index in [2.05, 4.69) is 10.6 Å². The third kappa shape index (κ3) is 4.00. The molecule has 20 heavy (non-hydrogen) atoms. The molecule has 2 rings (SSSR count). The van der Waals surface area contributed by atoms with E-state index in [9.17, 15) is 18.0 Å². The first kappa shape index (κ1) is 14.9. The van der Waals surface area contributed by atoms with Crippen LogP contribution in [0.2, 0.25) is 0 Å². The van der Waals surface area contributed by atoms with Crippen LogP contribution in [0.1, 0.15) is 35.8 Å². The van der Waals surface area contributed by atoms with Gasteiger partial charge in [0, 0.05) is 18.8 Å². The number of alkyl halides is 3. The molecule has 1 aromatic heterocycles. The summed E-state index contributed by atoms with van der Waals surface area (Å²) in [5, 5.41) is 5.56. The largest absolute Gasteiger partial charge is 0.390 e. The average molecular weight is 289 g/mol. The summed E-state index contributed by atoms with van der Waals surface area (Å²) in [6.07, 6.45) is -1.61. The van der Waals surface area contributed by atoms with Gasteiger partial charge in [0.25, 0.3) is 5.91 Å². The maximum absolute atomic E-state index is 12.1. The van der Waals surface area contributed by atoms with Gasteiger partial charge in [0.2, 0.25) is 0 Å². The van der Waals surface area contributed by atoms with Crippen LogP contribution in [0.5, 0.6) is 0 Å². The number of nitrogens with zero attached hydrogens (tertiary/aromatic N) is 1. The molecule has 0 aromatic carbocycles. The van der Waals surface area contributed by atoms with Crippen LogP contribution in [-0.4, -0.2) is 36.3 Å². The number of carbonyl (C=O) groups is 1. The van der Waals surface area contributed by atoms with E-state index in [0.29, 0.717) is 5.69 Å². The summed E-state index contributed by atoms with van der Waals surface area (Å²) in [6, 6.07) is 3.63. The Morgan fingerprint density at radius 3 is 2.75 bits per heavy atom. The number of piperidine rings is 1. The number of carbonyl (C=O) groups excluding carboxylic acids is 1. The van der Waals surface area contributed by atoms with E-state index in [-0.39, 0.29) is 12.6 Å². The molecule has 2 N–H and O–H groups in total. The van der Waals surface area contributed by atoms with Crippen LogP contribution < -0.4 is 10.6 Å². The van der Waals surface area contributed by atoms with Crippen molar-refractivity contribution in [3.05, 3.63) is 24.0 Å². The number of rotatable bonds is 4. The maximum atomic E-state index is 12.1. The second-order valence-corrected chi connectivity index (χ2v) is 4.90. The molecular formula is C13H18F3N3O. The summed E-state index contributed by atoms with van der Waals surface area (Å²) in [5.74, 6) is -0.446. The molecule has 0 atom stereocenters. The second-order valence-electron chi connectivity index (χ2n) is 4.90. The molecule has 0 saturated carbocycles. The molecule has 1 aromatic rings. The normalized spacial score (nSPS) is 17.1. The summed E-state index contributed by atoms with van der Waals surface area (Å²) < 4.78 is 38.0. The van der Waals surface area contributed by atoms with Crippen LogP contribution in [-0.2, 0) is 0 Å². The molecule has 0 bridgehead atoms. The number of aromatic nitrogens is 1. The number of hydrogen-bond donors (Lipinski definition) is 2. The first-order valence-corrected chi connectivity index (χ1v) is 6.70. The van der Waals surface area contributed by atoms with Crippen LogP contribution in [0.3, 0.4) is 0 Å². The van der Waals surface area contributed by atoms with Gasteiger partial charge in [-0.1, -0.05) is 0 Å². The van der Waals surface area contributed by atoms with Gasteiger partial charge in [-0.25, -0.2) is 0 Å². The van der Waals surface area contributed by atoms with Crippen LogP contribution in [0.4, 0.5) is 13.2 Å². The lowest BCUT2D eigenvalue weighted by atomic mass is 10.1. The van der Waals surface area contributed by atoms with E-state index in [0.717, 1.165) is 25.9 Å². The van der Waals surface area contributed by atoms with Crippen molar-refractivity contribution in [3.63, 3.8) is 0 Å². The Kier molecular flexibility index (Phi) is 4.69. The fraction of sp³-hybridized carbons (Fsp3) is 0.615. The highest BCUT2D eigenvalue weighted by molar-refractivity contribution is 5.92. The summed E-state index contributed by atoms with van der Waals surface area (Å²) in [4.78, 5) is 11.9. The Bertz CT molecular complexity index is 450. The zero-order valence-corrected chi connectivity index (χ0v) is 11.0. The molecule has 0 radical (unpaired) electrons. The molecule has 0 spiro atoms. The van der Waals surface area contributed by atoms with E-state index in [1.165, 1.54) is 0 Å². The van der Waals surface area contributed by atoms with Crippen LogP contribution in [0.15, 0.2) is 18.3 Å². The molecule has 112 valence electrons. The highest BCUT2D eigenvalue weighted by Crippen LogP contribution is 2.21. The number of halogens is 3. The smallest absolute Gasteiger partial charge is 0.350 e. The summed E-state index contributed by atoms with van der Waals surface area (Å²) in [6.45, 7) is 1.38. The summed E-state index contributed by atoms with van der Waals surface area (Å²) >= 11 is 0. The SMILES string of the molecule is O=C(NCCC(F)(F)F)c1cccn1C1CCNCC1. The quantitative estimate of drug-likeness (QED) is 0.891. The van der Waals surface area contributed by atoms with Crippen LogP contribution >= 0.6 is 0 Å². The number of hydrogen-bond acceptors (Lipinski definition) is 2. The molecule has 1 aliphatic rings. The minimum absolute atomic E-state index is 0.231. The third-order valence-electron chi connectivity index (χ3n) is 3.41. The van der Waals surface area contributed by atoms with Gasteiger partial charge in [0.1, 0.15) is 5.69 Å². The lowest BCUT2D eigenvalue weighted by molar-refractivity contribution is -0.133. The van der Waals surface area contributed by atoms with Crippen LogP contribution in [0, 0.1) is 0 Å². The zero-order valence-electron chi connectivity index (χ0n) is 11.0. The summed E-state index contributed by atoms with van der Waals surface area (Å²) in [5.41, 5.74) is 0.430. The van der Waals surface area contributed by atoms with Gasteiger partial charge in [0.05, 0.1) is 6.42 Å². The van der Waals surface area contributed by atoms with Gasteiger partial charge in [-0.05, 0) is 38.1 Å². The van der Waals surface area contributed by atoms with Crippen molar-refractivity contribution >= 4 is 5.91 Å². The molecule has 4 nitrogen and oxygen atoms in total. The van der Waals surface area contributed by atoms with Crippen molar-refractivity contribution in [3.8, 4) is 0 Å². The molecule has 0 unspecified atom stereocenters. The minimum atomic E-state index is -4.25. The van der Waals surface area contributed by atoms with Crippen molar-refractivity contribution in [1.82, 2.24) is 15.2 Å². The van der Waals surface area contributed by atoms with Crippen molar-refractivity contribution in [1.29, 1.82) is 0 Å². The standard InChI is InChI=1S/C13H18F3N3O/c14-13(15,16)5-8-18-12(20)11-2-1-9-19(11)10-3-6-17-7-4-10/h1-2,9-10,17H,3-8H2,(H,18,20). The lowest BCUT2D eigenvalue weighted by Crippen LogP contribution is -2.33. The topological polar surface area (TPSA) is 46.1 Å². The maximum Gasteiger partial charge on any atom is 0.390 e. The predicted octanol–water partition coefficient (Wildman–Crippen LogP) is 2.09. The van der Waals surface area contributed by atoms with Gasteiger partial charge < -0.3 is 15.2 Å². The van der Waals surface area contributed by atoms with E-state index in [4.69, 9.17) is 0 Å². The van der Waals surface area contributed by atoms with E-state index in [1.807, 2.05) is 10.8 Å². The first-order chi connectivity index (χ1) is 9.47. The van der Waals surface area contributed by atoms with Crippen molar-refractivity contribution in [2.45, 2.75) is 31.5 Å². The Morgan fingerprint density at radius 2 is 2.10 bits per heavy atom. The van der Waals surface area contributed by atoms with Gasteiger partial charge in [-0.2, -0.15) is 13.2 Å². The highest BCUT2D eigenvalue weighted by atomic mass is 19.4. The first-order valence-electron chi connectivity index (χ1n) is 6.70. The van der Waals surface area contributed by atoms with Crippen molar-refractivity contribution in [2.24, 2.45) is 0 Å². The van der Waals surface area contributed by atoms with Gasteiger partial charge in [-0.15, -0.1) is 0 Å². The summed E-state index contributed by atoms with van der Waals surface area (Å²) in [7, 11) is 0. The van der Waals surface area contributed by atoms with Gasteiger partial charge in [-0.3, -0.25) is 4.79 Å². The molecule has 1 fully saturated rings. The molecule has 1 saturated heterocycles. The predicted molar refractivity (Wildman–Crippen MR) is 68.6 cm³/mol. The van der Waals surface area contributed by atoms with Crippen LogP contribution in [0.25, 0.3) is 0 Å². The van der Waals surface area contributed by atoms with E-state index >= 15 is 0 Å². The highest BCUT2D eigenvalue weighted by Gasteiger charge is 2.27. The fourth-order valence-corrected chi connectivity index (χ4v) is 2.40. The van der Waals surface area contributed by atoms with E-state index < -0.39 is 18.5 Å². The third-order valence-corrected chi connectivity index (χ3v) is 3.41.